The van der Waals surface area contributed by atoms with E-state index in [9.17, 15) is 25.4 Å². The number of nitriles is 2. The van der Waals surface area contributed by atoms with Crippen LogP contribution in [0.3, 0.4) is 0 Å². The number of nitrogens with two attached hydrogens (primary N) is 1. The van der Waals surface area contributed by atoms with Crippen molar-refractivity contribution in [3.8, 4) is 12.1 Å². The molecule has 1 fully saturated rings. The summed E-state index contributed by atoms with van der Waals surface area (Å²) in [4.78, 5) is 28.4. The first-order valence-corrected chi connectivity index (χ1v) is 12.8. The SMILES string of the molecule is N#CC1=C(N)N(c2sc3c(c2C#N)C2CCN3CC2)C2=C(C(=O)CCC2)[C@@H]1c1cccc([N+](=O)[O-])c1. The third kappa shape index (κ3) is 3.08. The molecule has 2 aromatic rings. The second-order valence-corrected chi connectivity index (χ2v) is 10.5. The van der Waals surface area contributed by atoms with E-state index in [1.165, 1.54) is 23.5 Å². The molecule has 1 aromatic heterocycles. The van der Waals surface area contributed by atoms with E-state index in [0.29, 0.717) is 52.6 Å². The van der Waals surface area contributed by atoms with Crippen LogP contribution in [0, 0.1) is 32.8 Å². The highest BCUT2D eigenvalue weighted by Crippen LogP contribution is 2.55. The van der Waals surface area contributed by atoms with Gasteiger partial charge in [-0.25, -0.2) is 0 Å². The first-order chi connectivity index (χ1) is 17.4. The van der Waals surface area contributed by atoms with Gasteiger partial charge in [0.1, 0.15) is 16.9 Å². The number of hydrogen-bond acceptors (Lipinski definition) is 9. The highest BCUT2D eigenvalue weighted by molar-refractivity contribution is 7.20. The van der Waals surface area contributed by atoms with Gasteiger partial charge >= 0.3 is 0 Å². The number of carbonyl (C=O) groups excluding carboxylic acids is 1. The van der Waals surface area contributed by atoms with E-state index in [1.807, 2.05) is 0 Å². The number of benzene rings is 1. The molecule has 10 heteroatoms. The maximum absolute atomic E-state index is 13.4. The van der Waals surface area contributed by atoms with Gasteiger partial charge in [-0.3, -0.25) is 19.8 Å². The normalized spacial score (nSPS) is 21.3. The van der Waals surface area contributed by atoms with E-state index in [4.69, 9.17) is 5.73 Å². The Balaban J connectivity index is 1.59. The van der Waals surface area contributed by atoms with Gasteiger partial charge in [0, 0.05) is 48.5 Å². The fourth-order valence-electron chi connectivity index (χ4n) is 6.14. The molecule has 2 bridgehead atoms. The van der Waals surface area contributed by atoms with E-state index < -0.39 is 10.8 Å². The molecule has 7 rings (SSSR count). The lowest BCUT2D eigenvalue weighted by Crippen LogP contribution is -2.38. The maximum Gasteiger partial charge on any atom is 0.269 e. The van der Waals surface area contributed by atoms with Crippen LogP contribution >= 0.6 is 11.3 Å². The molecule has 36 heavy (non-hydrogen) atoms. The number of allylic oxidation sites excluding steroid dienone is 3. The fourth-order valence-corrected chi connectivity index (χ4v) is 7.57. The summed E-state index contributed by atoms with van der Waals surface area (Å²) in [5.74, 6) is -0.371. The maximum atomic E-state index is 13.4. The zero-order valence-electron chi connectivity index (χ0n) is 19.4. The first-order valence-electron chi connectivity index (χ1n) is 12.0. The van der Waals surface area contributed by atoms with Crippen molar-refractivity contribution in [2.45, 2.75) is 43.9 Å². The Kier molecular flexibility index (Phi) is 5.09. The number of rotatable bonds is 3. The van der Waals surface area contributed by atoms with Gasteiger partial charge in [0.25, 0.3) is 5.69 Å². The Morgan fingerprint density at radius 1 is 1.14 bits per heavy atom. The van der Waals surface area contributed by atoms with Crippen LogP contribution in [0.25, 0.3) is 0 Å². The topological polar surface area (TPSA) is 140 Å². The minimum atomic E-state index is -0.783. The number of anilines is 2. The highest BCUT2D eigenvalue weighted by atomic mass is 32.1. The van der Waals surface area contributed by atoms with E-state index in [2.05, 4.69) is 17.0 Å². The van der Waals surface area contributed by atoms with E-state index in [0.717, 1.165) is 36.5 Å². The number of carbonyl (C=O) groups is 1. The molecule has 0 radical (unpaired) electrons. The standard InChI is InChI=1S/C26H22N6O3S/c27-12-17-21(15-3-1-4-16(11-15)32(34)35)23-19(5-2-6-20(23)33)31(24(17)29)25-18(13-28)22-14-7-9-30(10-8-14)26(22)36-25/h1,3-4,11,14,21H,2,5-10,29H2/t21-/m1/s1. The molecule has 5 aliphatic rings. The fraction of sp³-hybridized carbons (Fsp3) is 0.346. The van der Waals surface area contributed by atoms with Crippen LogP contribution in [-0.4, -0.2) is 23.8 Å². The van der Waals surface area contributed by atoms with Crippen molar-refractivity contribution in [2.24, 2.45) is 5.73 Å². The third-order valence-corrected chi connectivity index (χ3v) is 8.99. The lowest BCUT2D eigenvalue weighted by atomic mass is 9.75. The molecule has 0 spiro atoms. The molecule has 0 amide bonds. The Bertz CT molecular complexity index is 1480. The van der Waals surface area contributed by atoms with Crippen LogP contribution in [0.15, 0.2) is 46.9 Å². The molecule has 180 valence electrons. The number of fused-ring (bicyclic) bond motifs is 2. The Hall–Kier alpha value is -4.15. The number of nitrogens with zero attached hydrogens (tertiary/aromatic N) is 5. The molecule has 1 aliphatic carbocycles. The number of hydrogen-bond donors (Lipinski definition) is 1. The van der Waals surface area contributed by atoms with Crippen LogP contribution < -0.4 is 15.5 Å². The monoisotopic (exact) mass is 498 g/mol. The molecule has 2 N–H and O–H groups in total. The van der Waals surface area contributed by atoms with Crippen molar-refractivity contribution < 1.29 is 9.72 Å². The lowest BCUT2D eigenvalue weighted by molar-refractivity contribution is -0.384. The van der Waals surface area contributed by atoms with Crippen molar-refractivity contribution in [3.63, 3.8) is 0 Å². The summed E-state index contributed by atoms with van der Waals surface area (Å²) in [7, 11) is 0. The smallest absolute Gasteiger partial charge is 0.269 e. The van der Waals surface area contributed by atoms with Crippen molar-refractivity contribution in [1.82, 2.24) is 0 Å². The second-order valence-electron chi connectivity index (χ2n) is 9.54. The average molecular weight is 499 g/mol. The predicted octanol–water partition coefficient (Wildman–Crippen LogP) is 4.53. The highest BCUT2D eigenvalue weighted by Gasteiger charge is 2.44. The summed E-state index contributed by atoms with van der Waals surface area (Å²) in [6.07, 6.45) is 3.54. The van der Waals surface area contributed by atoms with Gasteiger partial charge in [0.2, 0.25) is 0 Å². The van der Waals surface area contributed by atoms with Crippen LogP contribution in [0.4, 0.5) is 15.7 Å². The van der Waals surface area contributed by atoms with Crippen LogP contribution in [-0.2, 0) is 4.79 Å². The van der Waals surface area contributed by atoms with Gasteiger partial charge in [-0.15, -0.1) is 0 Å². The molecule has 4 aliphatic heterocycles. The molecule has 1 saturated heterocycles. The Morgan fingerprint density at radius 3 is 2.61 bits per heavy atom. The minimum absolute atomic E-state index is 0.0957. The summed E-state index contributed by atoms with van der Waals surface area (Å²) in [5.41, 5.74) is 10.0. The predicted molar refractivity (Wildman–Crippen MR) is 134 cm³/mol. The Morgan fingerprint density at radius 2 is 1.92 bits per heavy atom. The van der Waals surface area contributed by atoms with Crippen molar-refractivity contribution in [3.05, 3.63) is 73.7 Å². The van der Waals surface area contributed by atoms with Crippen LogP contribution in [0.1, 0.15) is 60.6 Å². The summed E-state index contributed by atoms with van der Waals surface area (Å²) >= 11 is 1.50. The summed E-state index contributed by atoms with van der Waals surface area (Å²) in [6.45, 7) is 1.91. The van der Waals surface area contributed by atoms with E-state index in [1.54, 1.807) is 17.0 Å². The minimum Gasteiger partial charge on any atom is -0.384 e. The number of ketones is 1. The van der Waals surface area contributed by atoms with Gasteiger partial charge in [0.05, 0.1) is 33.0 Å². The zero-order chi connectivity index (χ0) is 25.1. The van der Waals surface area contributed by atoms with Crippen LogP contribution in [0.5, 0.6) is 0 Å². The number of piperidine rings is 1. The summed E-state index contributed by atoms with van der Waals surface area (Å²) < 4.78 is 0. The molecule has 5 heterocycles. The largest absolute Gasteiger partial charge is 0.384 e. The van der Waals surface area contributed by atoms with Gasteiger partial charge in [0.15, 0.2) is 5.78 Å². The van der Waals surface area contributed by atoms with Crippen LogP contribution in [0.2, 0.25) is 0 Å². The molecular weight excluding hydrogens is 476 g/mol. The first kappa shape index (κ1) is 22.3. The van der Waals surface area contributed by atoms with Crippen molar-refractivity contribution in [2.75, 3.05) is 22.9 Å². The van der Waals surface area contributed by atoms with Crippen molar-refractivity contribution >= 4 is 32.8 Å². The quantitative estimate of drug-likeness (QED) is 0.481. The van der Waals surface area contributed by atoms with Gasteiger partial charge in [-0.1, -0.05) is 23.5 Å². The third-order valence-electron chi connectivity index (χ3n) is 7.74. The van der Waals surface area contributed by atoms with E-state index in [-0.39, 0.29) is 22.9 Å². The number of thiophene rings is 1. The molecule has 1 aromatic carbocycles. The molecule has 9 nitrogen and oxygen atoms in total. The molecule has 1 atom stereocenters. The lowest BCUT2D eigenvalue weighted by Gasteiger charge is -2.39. The summed E-state index contributed by atoms with van der Waals surface area (Å²) in [5, 5.41) is 33.7. The second kappa shape index (κ2) is 8.21. The number of nitro benzene ring substituents is 1. The summed E-state index contributed by atoms with van der Waals surface area (Å²) in [6, 6.07) is 10.7. The van der Waals surface area contributed by atoms with Gasteiger partial charge in [-0.05, 0) is 37.2 Å². The molecule has 0 unspecified atom stereocenters. The van der Waals surface area contributed by atoms with Crippen molar-refractivity contribution in [1.29, 1.82) is 10.5 Å². The zero-order valence-corrected chi connectivity index (χ0v) is 20.2. The van der Waals surface area contributed by atoms with Gasteiger partial charge in [-0.2, -0.15) is 10.5 Å². The number of Topliss-reactive ketones (excluding diaryl/α,β-unsaturated/α-hetero) is 1. The number of nitro groups is 1. The average Bonchev–Trinajstić information content (AvgIpc) is 3.30. The Labute approximate surface area is 211 Å². The van der Waals surface area contributed by atoms with E-state index >= 15 is 0 Å². The molecule has 0 saturated carbocycles. The van der Waals surface area contributed by atoms with Gasteiger partial charge < -0.3 is 10.6 Å². The molecular formula is C26H22N6O3S. The number of non-ortho nitro benzene ring substituents is 1.